The molecule has 1 aromatic heterocycles. The summed E-state index contributed by atoms with van der Waals surface area (Å²) in [5.74, 6) is -5.05. The van der Waals surface area contributed by atoms with Gasteiger partial charge in [-0.25, -0.2) is 17.2 Å². The van der Waals surface area contributed by atoms with E-state index in [-0.39, 0.29) is 17.9 Å². The van der Waals surface area contributed by atoms with Crippen molar-refractivity contribution in [2.24, 2.45) is 0 Å². The number of hydrogen-bond donors (Lipinski definition) is 1. The molecule has 0 saturated carbocycles. The van der Waals surface area contributed by atoms with Crippen molar-refractivity contribution in [3.63, 3.8) is 0 Å². The van der Waals surface area contributed by atoms with Crippen LogP contribution in [0.25, 0.3) is 11.1 Å². The third kappa shape index (κ3) is 7.72. The first-order valence-corrected chi connectivity index (χ1v) is 15.1. The summed E-state index contributed by atoms with van der Waals surface area (Å²) in [5, 5.41) is 8.97. The summed E-state index contributed by atoms with van der Waals surface area (Å²) < 4.78 is 98.0. The number of halogens is 5. The van der Waals surface area contributed by atoms with E-state index in [4.69, 9.17) is 9.52 Å². The largest absolute Gasteiger partial charge is 0.480 e. The molecule has 0 unspecified atom stereocenters. The number of benzene rings is 3. The number of carbonyl (C=O) groups is 1. The Morgan fingerprint density at radius 1 is 0.864 bits per heavy atom. The van der Waals surface area contributed by atoms with Gasteiger partial charge in [0.2, 0.25) is 5.76 Å². The molecule has 0 fully saturated rings. The molecular formula is C32H30F5NO5S. The lowest BCUT2D eigenvalue weighted by molar-refractivity contribution is -0.153. The number of rotatable bonds is 11. The smallest absolute Gasteiger partial charge is 0.449 e. The Labute approximate surface area is 251 Å². The van der Waals surface area contributed by atoms with E-state index < -0.39 is 56.4 Å². The summed E-state index contributed by atoms with van der Waals surface area (Å²) in [7, 11) is -4.52. The molecule has 0 aliphatic carbocycles. The van der Waals surface area contributed by atoms with E-state index in [0.29, 0.717) is 18.7 Å². The van der Waals surface area contributed by atoms with Crippen LogP contribution in [0.3, 0.4) is 0 Å². The highest BCUT2D eigenvalue weighted by Crippen LogP contribution is 2.32. The lowest BCUT2D eigenvalue weighted by atomic mass is 9.99. The Bertz CT molecular complexity index is 1760. The molecule has 12 heteroatoms. The van der Waals surface area contributed by atoms with Gasteiger partial charge in [0.05, 0.1) is 11.4 Å². The van der Waals surface area contributed by atoms with Crippen molar-refractivity contribution in [2.75, 3.05) is 5.75 Å². The van der Waals surface area contributed by atoms with Crippen molar-refractivity contribution >= 4 is 15.8 Å². The van der Waals surface area contributed by atoms with E-state index in [2.05, 4.69) is 0 Å². The number of carboxylic acid groups (broad SMARTS) is 1. The number of nitrogens with zero attached hydrogens (tertiary/aromatic N) is 1. The monoisotopic (exact) mass is 635 g/mol. The van der Waals surface area contributed by atoms with Gasteiger partial charge in [0, 0.05) is 18.7 Å². The van der Waals surface area contributed by atoms with E-state index in [0.717, 1.165) is 46.0 Å². The predicted octanol–water partition coefficient (Wildman–Crippen LogP) is 7.56. The molecule has 1 N–H and O–H groups in total. The molecule has 0 bridgehead atoms. The Balaban J connectivity index is 1.65. The topological polar surface area (TPSA) is 87.8 Å². The highest BCUT2D eigenvalue weighted by atomic mass is 32.2. The number of alkyl halides is 4. The first-order valence-electron chi connectivity index (χ1n) is 13.4. The zero-order chi connectivity index (χ0) is 32.4. The van der Waals surface area contributed by atoms with Crippen LogP contribution in [0.2, 0.25) is 0 Å². The minimum absolute atomic E-state index is 0.0747. The molecule has 0 saturated heterocycles. The van der Waals surface area contributed by atoms with Gasteiger partial charge < -0.3 is 9.52 Å². The molecule has 6 nitrogen and oxygen atoms in total. The second-order valence-electron chi connectivity index (χ2n) is 10.7. The van der Waals surface area contributed by atoms with Crippen LogP contribution in [0.4, 0.5) is 22.0 Å². The lowest BCUT2D eigenvalue weighted by Crippen LogP contribution is -2.23. The molecule has 0 amide bonds. The van der Waals surface area contributed by atoms with E-state index in [1.807, 2.05) is 37.8 Å². The van der Waals surface area contributed by atoms with E-state index in [1.165, 1.54) is 6.07 Å². The molecule has 44 heavy (non-hydrogen) atoms. The molecule has 0 radical (unpaired) electrons. The fourth-order valence-electron chi connectivity index (χ4n) is 5.17. The average molecular weight is 636 g/mol. The molecule has 1 heterocycles. The zero-order valence-corrected chi connectivity index (χ0v) is 25.0. The Morgan fingerprint density at radius 3 is 2.05 bits per heavy atom. The van der Waals surface area contributed by atoms with E-state index in [1.54, 1.807) is 24.3 Å². The normalized spacial score (nSPS) is 12.2. The van der Waals surface area contributed by atoms with Gasteiger partial charge in [-0.2, -0.15) is 13.2 Å². The standard InChI is InChI=1S/C32H30F5NO5S/c1-19-10-20(2)27(21(3)11-19)17-38(16-25-8-9-30(43-25)32(35,36)37)15-22-4-6-23(7-5-22)24-12-28(34)26(14-33)29(13-24)44(41,42)18-31(39)40/h4-13H,14-18H2,1-3H3,(H,39,40). The zero-order valence-electron chi connectivity index (χ0n) is 24.1. The fraction of sp³-hybridized carbons (Fsp3) is 0.281. The van der Waals surface area contributed by atoms with Gasteiger partial charge in [-0.3, -0.25) is 9.69 Å². The van der Waals surface area contributed by atoms with Crippen LogP contribution in [0.5, 0.6) is 0 Å². The Hall–Kier alpha value is -4.03. The third-order valence-corrected chi connectivity index (χ3v) is 8.83. The van der Waals surface area contributed by atoms with Crippen molar-refractivity contribution < 1.29 is 44.7 Å². The number of aliphatic carboxylic acids is 1. The van der Waals surface area contributed by atoms with Crippen LogP contribution in [0.15, 0.2) is 70.0 Å². The summed E-state index contributed by atoms with van der Waals surface area (Å²) in [6, 6.07) is 14.9. The van der Waals surface area contributed by atoms with Crippen LogP contribution in [-0.4, -0.2) is 30.1 Å². The van der Waals surface area contributed by atoms with Gasteiger partial charge in [0.15, 0.2) is 15.6 Å². The number of furan rings is 1. The molecule has 0 aliphatic rings. The molecular weight excluding hydrogens is 605 g/mol. The number of hydrogen-bond acceptors (Lipinski definition) is 5. The first kappa shape index (κ1) is 32.9. The Kier molecular flexibility index (Phi) is 9.65. The minimum Gasteiger partial charge on any atom is -0.480 e. The first-order chi connectivity index (χ1) is 20.6. The fourth-order valence-corrected chi connectivity index (χ4v) is 6.49. The van der Waals surface area contributed by atoms with Crippen molar-refractivity contribution in [3.8, 4) is 11.1 Å². The minimum atomic E-state index is -4.61. The molecule has 0 atom stereocenters. The highest BCUT2D eigenvalue weighted by Gasteiger charge is 2.35. The van der Waals surface area contributed by atoms with Gasteiger partial charge in [0.25, 0.3) is 0 Å². The van der Waals surface area contributed by atoms with Gasteiger partial charge in [-0.1, -0.05) is 42.0 Å². The maximum atomic E-state index is 14.8. The third-order valence-electron chi connectivity index (χ3n) is 7.17. The summed E-state index contributed by atoms with van der Waals surface area (Å²) >= 11 is 0. The summed E-state index contributed by atoms with van der Waals surface area (Å²) in [5.41, 5.74) is 4.68. The Morgan fingerprint density at radius 2 is 1.50 bits per heavy atom. The SMILES string of the molecule is Cc1cc(C)c(CN(Cc2ccc(-c3cc(F)c(CF)c(S(=O)(=O)CC(=O)O)c3)cc2)Cc2ccc(C(F)(F)F)o2)c(C)c1. The number of aryl methyl sites for hydroxylation is 3. The van der Waals surface area contributed by atoms with Gasteiger partial charge >= 0.3 is 12.1 Å². The van der Waals surface area contributed by atoms with E-state index in [9.17, 15) is 35.2 Å². The predicted molar refractivity (Wildman–Crippen MR) is 154 cm³/mol. The second-order valence-corrected chi connectivity index (χ2v) is 12.7. The number of sulfone groups is 1. The summed E-state index contributed by atoms with van der Waals surface area (Å²) in [6.07, 6.45) is -4.61. The average Bonchev–Trinajstić information content (AvgIpc) is 3.39. The molecule has 234 valence electrons. The molecule has 0 spiro atoms. The molecule has 3 aromatic carbocycles. The van der Waals surface area contributed by atoms with Gasteiger partial charge in [-0.15, -0.1) is 0 Å². The maximum absolute atomic E-state index is 14.8. The van der Waals surface area contributed by atoms with Crippen molar-refractivity contribution in [1.82, 2.24) is 4.90 Å². The second kappa shape index (κ2) is 12.9. The number of carboxylic acids is 1. The van der Waals surface area contributed by atoms with Crippen LogP contribution >= 0.6 is 0 Å². The highest BCUT2D eigenvalue weighted by molar-refractivity contribution is 7.92. The maximum Gasteiger partial charge on any atom is 0.449 e. The van der Waals surface area contributed by atoms with E-state index >= 15 is 0 Å². The molecule has 4 aromatic rings. The molecule has 0 aliphatic heterocycles. The van der Waals surface area contributed by atoms with Crippen LogP contribution < -0.4 is 0 Å². The van der Waals surface area contributed by atoms with Crippen molar-refractivity contribution in [1.29, 1.82) is 0 Å². The molecule has 4 rings (SSSR count). The van der Waals surface area contributed by atoms with Crippen molar-refractivity contribution in [2.45, 2.75) is 58.2 Å². The van der Waals surface area contributed by atoms with Gasteiger partial charge in [-0.05, 0) is 78.4 Å². The summed E-state index contributed by atoms with van der Waals surface area (Å²) in [6.45, 7) is 5.25. The quantitative estimate of drug-likeness (QED) is 0.171. The van der Waals surface area contributed by atoms with Crippen LogP contribution in [-0.2, 0) is 47.1 Å². The van der Waals surface area contributed by atoms with Crippen LogP contribution in [0, 0.1) is 26.6 Å². The van der Waals surface area contributed by atoms with Gasteiger partial charge in [0.1, 0.15) is 18.3 Å². The lowest BCUT2D eigenvalue weighted by Gasteiger charge is -2.24. The van der Waals surface area contributed by atoms with Crippen molar-refractivity contribution in [3.05, 3.63) is 111 Å². The van der Waals surface area contributed by atoms with Crippen LogP contribution in [0.1, 0.15) is 44.9 Å². The summed E-state index contributed by atoms with van der Waals surface area (Å²) in [4.78, 5) is 12.2.